The van der Waals surface area contributed by atoms with Gasteiger partial charge in [0.15, 0.2) is 0 Å². The fourth-order valence-corrected chi connectivity index (χ4v) is 1.69. The Kier molecular flexibility index (Phi) is 6.83. The van der Waals surface area contributed by atoms with Crippen LogP contribution >= 0.6 is 0 Å². The van der Waals surface area contributed by atoms with Gasteiger partial charge in [-0.3, -0.25) is 4.79 Å². The Morgan fingerprint density at radius 3 is 2.80 bits per heavy atom. The summed E-state index contributed by atoms with van der Waals surface area (Å²) >= 11 is 0. The number of nitrogens with one attached hydrogen (secondary N) is 1. The van der Waals surface area contributed by atoms with Crippen LogP contribution in [0, 0.1) is 24.7 Å². The number of amides is 1. The van der Waals surface area contributed by atoms with E-state index in [1.807, 2.05) is 25.1 Å². The van der Waals surface area contributed by atoms with Gasteiger partial charge in [-0.15, -0.1) is 0 Å². The van der Waals surface area contributed by atoms with Crippen LogP contribution in [0.3, 0.4) is 0 Å². The summed E-state index contributed by atoms with van der Waals surface area (Å²) < 4.78 is 0. The zero-order chi connectivity index (χ0) is 15.0. The van der Waals surface area contributed by atoms with Crippen molar-refractivity contribution in [1.29, 1.82) is 0 Å². The molecule has 0 aliphatic heterocycles. The SMILES string of the molecule is Cc1ccc(NC(=O)CCC(C)C)cc1C#CCCO. The van der Waals surface area contributed by atoms with Crippen LogP contribution in [0.5, 0.6) is 0 Å². The van der Waals surface area contributed by atoms with Gasteiger partial charge in [0.2, 0.25) is 5.91 Å². The van der Waals surface area contributed by atoms with E-state index in [0.717, 1.165) is 23.2 Å². The zero-order valence-corrected chi connectivity index (χ0v) is 12.5. The Morgan fingerprint density at radius 1 is 1.40 bits per heavy atom. The number of anilines is 1. The summed E-state index contributed by atoms with van der Waals surface area (Å²) in [7, 11) is 0. The maximum Gasteiger partial charge on any atom is 0.224 e. The molecule has 1 rings (SSSR count). The molecule has 0 heterocycles. The van der Waals surface area contributed by atoms with Gasteiger partial charge in [0.1, 0.15) is 0 Å². The molecular formula is C17H23NO2. The molecule has 0 fully saturated rings. The van der Waals surface area contributed by atoms with Gasteiger partial charge >= 0.3 is 0 Å². The highest BCUT2D eigenvalue weighted by atomic mass is 16.2. The summed E-state index contributed by atoms with van der Waals surface area (Å²) in [6.45, 7) is 6.26. The third-order valence-electron chi connectivity index (χ3n) is 2.93. The molecule has 1 aromatic carbocycles. The van der Waals surface area contributed by atoms with Crippen molar-refractivity contribution in [2.24, 2.45) is 5.92 Å². The Bertz CT molecular complexity index is 509. The minimum absolute atomic E-state index is 0.0387. The number of aliphatic hydroxyl groups is 1. The van der Waals surface area contributed by atoms with Gasteiger partial charge in [-0.2, -0.15) is 0 Å². The number of aliphatic hydroxyl groups excluding tert-OH is 1. The lowest BCUT2D eigenvalue weighted by Gasteiger charge is -2.08. The van der Waals surface area contributed by atoms with Crippen LogP contribution in [0.15, 0.2) is 18.2 Å². The predicted octanol–water partition coefficient (Wildman–Crippen LogP) is 3.10. The summed E-state index contributed by atoms with van der Waals surface area (Å²) in [5, 5.41) is 11.6. The molecule has 3 heteroatoms. The molecule has 0 atom stereocenters. The fourth-order valence-electron chi connectivity index (χ4n) is 1.69. The van der Waals surface area contributed by atoms with Gasteiger partial charge in [-0.1, -0.05) is 31.8 Å². The molecular weight excluding hydrogens is 250 g/mol. The highest BCUT2D eigenvalue weighted by Gasteiger charge is 2.05. The van der Waals surface area contributed by atoms with E-state index in [4.69, 9.17) is 5.11 Å². The van der Waals surface area contributed by atoms with Crippen molar-refractivity contribution < 1.29 is 9.90 Å². The predicted molar refractivity (Wildman–Crippen MR) is 82.5 cm³/mol. The first-order valence-corrected chi connectivity index (χ1v) is 7.03. The fraction of sp³-hybridized carbons (Fsp3) is 0.471. The Labute approximate surface area is 121 Å². The first-order valence-electron chi connectivity index (χ1n) is 7.03. The Balaban J connectivity index is 2.70. The average molecular weight is 273 g/mol. The zero-order valence-electron chi connectivity index (χ0n) is 12.5. The highest BCUT2D eigenvalue weighted by molar-refractivity contribution is 5.90. The lowest BCUT2D eigenvalue weighted by Crippen LogP contribution is -2.12. The van der Waals surface area contributed by atoms with Crippen molar-refractivity contribution in [1.82, 2.24) is 0 Å². The van der Waals surface area contributed by atoms with Crippen LogP contribution in [0.2, 0.25) is 0 Å². The van der Waals surface area contributed by atoms with E-state index in [1.165, 1.54) is 0 Å². The van der Waals surface area contributed by atoms with Crippen molar-refractivity contribution >= 4 is 11.6 Å². The summed E-state index contributed by atoms with van der Waals surface area (Å²) in [6.07, 6.45) is 1.89. The quantitative estimate of drug-likeness (QED) is 0.810. The van der Waals surface area contributed by atoms with E-state index in [0.29, 0.717) is 18.8 Å². The van der Waals surface area contributed by atoms with Crippen molar-refractivity contribution in [2.75, 3.05) is 11.9 Å². The Morgan fingerprint density at radius 2 is 2.15 bits per heavy atom. The number of rotatable bonds is 5. The van der Waals surface area contributed by atoms with Crippen molar-refractivity contribution in [3.05, 3.63) is 29.3 Å². The minimum atomic E-state index is 0.0387. The maximum atomic E-state index is 11.8. The molecule has 2 N–H and O–H groups in total. The van der Waals surface area contributed by atoms with E-state index < -0.39 is 0 Å². The van der Waals surface area contributed by atoms with Crippen LogP contribution in [0.25, 0.3) is 0 Å². The molecule has 0 saturated carbocycles. The van der Waals surface area contributed by atoms with Gasteiger partial charge in [-0.25, -0.2) is 0 Å². The molecule has 108 valence electrons. The van der Waals surface area contributed by atoms with Crippen LogP contribution in [0.4, 0.5) is 5.69 Å². The van der Waals surface area contributed by atoms with Gasteiger partial charge in [0.25, 0.3) is 0 Å². The molecule has 1 aromatic rings. The molecule has 0 spiro atoms. The van der Waals surface area contributed by atoms with Gasteiger partial charge in [0, 0.05) is 24.1 Å². The lowest BCUT2D eigenvalue weighted by atomic mass is 10.1. The van der Waals surface area contributed by atoms with E-state index >= 15 is 0 Å². The number of benzene rings is 1. The van der Waals surface area contributed by atoms with Gasteiger partial charge in [-0.05, 0) is 37.0 Å². The van der Waals surface area contributed by atoms with E-state index in [2.05, 4.69) is 31.0 Å². The van der Waals surface area contributed by atoms with Crippen LogP contribution in [-0.4, -0.2) is 17.6 Å². The van der Waals surface area contributed by atoms with Crippen LogP contribution in [-0.2, 0) is 4.79 Å². The molecule has 0 aliphatic rings. The number of carbonyl (C=O) groups is 1. The first-order chi connectivity index (χ1) is 9.52. The molecule has 0 aromatic heterocycles. The summed E-state index contributed by atoms with van der Waals surface area (Å²) in [5.41, 5.74) is 2.73. The minimum Gasteiger partial charge on any atom is -0.395 e. The second kappa shape index (κ2) is 8.39. The standard InChI is InChI=1S/C17H23NO2/c1-13(2)7-10-17(20)18-16-9-8-14(3)15(12-16)6-4-5-11-19/h8-9,12-13,19H,5,7,10-11H2,1-3H3,(H,18,20). The topological polar surface area (TPSA) is 49.3 Å². The maximum absolute atomic E-state index is 11.8. The molecule has 0 radical (unpaired) electrons. The monoisotopic (exact) mass is 273 g/mol. The van der Waals surface area contributed by atoms with E-state index in [9.17, 15) is 4.79 Å². The number of carbonyl (C=O) groups excluding carboxylic acids is 1. The summed E-state index contributed by atoms with van der Waals surface area (Å²) in [6, 6.07) is 5.72. The van der Waals surface area contributed by atoms with E-state index in [1.54, 1.807) is 0 Å². The number of hydrogen-bond donors (Lipinski definition) is 2. The third kappa shape index (κ3) is 5.90. The highest BCUT2D eigenvalue weighted by Crippen LogP contribution is 2.15. The van der Waals surface area contributed by atoms with Crippen LogP contribution in [0.1, 0.15) is 44.2 Å². The number of hydrogen-bond acceptors (Lipinski definition) is 2. The molecule has 1 amide bonds. The molecule has 20 heavy (non-hydrogen) atoms. The van der Waals surface area contributed by atoms with Gasteiger partial charge < -0.3 is 10.4 Å². The molecule has 0 aliphatic carbocycles. The molecule has 0 saturated heterocycles. The lowest BCUT2D eigenvalue weighted by molar-refractivity contribution is -0.116. The third-order valence-corrected chi connectivity index (χ3v) is 2.93. The van der Waals surface area contributed by atoms with E-state index in [-0.39, 0.29) is 12.5 Å². The second-order valence-corrected chi connectivity index (χ2v) is 5.29. The van der Waals surface area contributed by atoms with Gasteiger partial charge in [0.05, 0.1) is 6.61 Å². The van der Waals surface area contributed by atoms with Crippen LogP contribution < -0.4 is 5.32 Å². The second-order valence-electron chi connectivity index (χ2n) is 5.29. The molecule has 0 unspecified atom stereocenters. The smallest absolute Gasteiger partial charge is 0.224 e. The average Bonchev–Trinajstić information content (AvgIpc) is 2.40. The van der Waals surface area contributed by atoms with Crippen molar-refractivity contribution in [3.63, 3.8) is 0 Å². The summed E-state index contributed by atoms with van der Waals surface area (Å²) in [5.74, 6) is 6.48. The molecule has 0 bridgehead atoms. The first kappa shape index (κ1) is 16.3. The Hall–Kier alpha value is -1.79. The normalized spacial score (nSPS) is 10.1. The van der Waals surface area contributed by atoms with Crippen molar-refractivity contribution in [2.45, 2.75) is 40.0 Å². The van der Waals surface area contributed by atoms with Crippen molar-refractivity contribution in [3.8, 4) is 11.8 Å². The molecule has 3 nitrogen and oxygen atoms in total. The largest absolute Gasteiger partial charge is 0.395 e. The summed E-state index contributed by atoms with van der Waals surface area (Å²) in [4.78, 5) is 11.8. The number of aryl methyl sites for hydroxylation is 1.